The van der Waals surface area contributed by atoms with E-state index in [9.17, 15) is 9.90 Å². The zero-order valence-electron chi connectivity index (χ0n) is 12.6. The van der Waals surface area contributed by atoms with E-state index in [1.165, 1.54) is 5.56 Å². The van der Waals surface area contributed by atoms with Crippen molar-refractivity contribution in [2.24, 2.45) is 5.73 Å². The van der Waals surface area contributed by atoms with Crippen LogP contribution in [0, 0.1) is 0 Å². The highest BCUT2D eigenvalue weighted by molar-refractivity contribution is 5.75. The molecule has 0 fully saturated rings. The van der Waals surface area contributed by atoms with Crippen molar-refractivity contribution in [1.29, 1.82) is 0 Å². The fourth-order valence-electron chi connectivity index (χ4n) is 1.88. The lowest BCUT2D eigenvalue weighted by atomic mass is 9.86. The second kappa shape index (κ2) is 7.41. The van der Waals surface area contributed by atoms with Crippen LogP contribution in [-0.2, 0) is 10.2 Å². The summed E-state index contributed by atoms with van der Waals surface area (Å²) in [5.74, 6) is -0.0687. The van der Waals surface area contributed by atoms with Crippen LogP contribution >= 0.6 is 0 Å². The molecule has 0 saturated heterocycles. The van der Waals surface area contributed by atoms with Crippen molar-refractivity contribution in [2.45, 2.75) is 45.1 Å². The van der Waals surface area contributed by atoms with Gasteiger partial charge in [-0.1, -0.05) is 45.0 Å². The maximum atomic E-state index is 11.4. The molecule has 1 aromatic rings. The van der Waals surface area contributed by atoms with Gasteiger partial charge in [0.2, 0.25) is 5.91 Å². The molecule has 1 rings (SSSR count). The maximum Gasteiger partial charge on any atom is 0.220 e. The summed E-state index contributed by atoms with van der Waals surface area (Å²) in [5, 5.41) is 12.8. The van der Waals surface area contributed by atoms with Gasteiger partial charge < -0.3 is 16.2 Å². The Morgan fingerprint density at radius 2 is 1.90 bits per heavy atom. The Balaban J connectivity index is 2.51. The number of carbonyl (C=O) groups excluding carboxylic acids is 1. The van der Waals surface area contributed by atoms with Crippen LogP contribution in [-0.4, -0.2) is 24.1 Å². The first kappa shape index (κ1) is 16.7. The third-order valence-electron chi connectivity index (χ3n) is 3.26. The molecule has 1 atom stereocenters. The van der Waals surface area contributed by atoms with E-state index in [0.29, 0.717) is 19.4 Å². The van der Waals surface area contributed by atoms with E-state index in [0.717, 1.165) is 5.56 Å². The molecular weight excluding hydrogens is 252 g/mol. The molecule has 0 bridgehead atoms. The lowest BCUT2D eigenvalue weighted by molar-refractivity contribution is -0.121. The topological polar surface area (TPSA) is 75.3 Å². The van der Waals surface area contributed by atoms with Gasteiger partial charge in [-0.2, -0.15) is 0 Å². The second-order valence-corrected chi connectivity index (χ2v) is 6.08. The van der Waals surface area contributed by atoms with Crippen LogP contribution < -0.4 is 11.1 Å². The number of rotatable bonds is 6. The lowest BCUT2D eigenvalue weighted by Crippen LogP contribution is -2.28. The minimum atomic E-state index is -0.675. The van der Waals surface area contributed by atoms with E-state index >= 15 is 0 Å². The number of aliphatic hydroxyl groups is 1. The molecule has 1 amide bonds. The molecule has 0 spiro atoms. The van der Waals surface area contributed by atoms with Gasteiger partial charge in [0.05, 0.1) is 6.10 Å². The Morgan fingerprint density at radius 1 is 1.30 bits per heavy atom. The first-order valence-corrected chi connectivity index (χ1v) is 7.10. The summed E-state index contributed by atoms with van der Waals surface area (Å²) in [6.07, 6.45) is 0.403. The highest BCUT2D eigenvalue weighted by atomic mass is 16.3. The molecule has 0 radical (unpaired) electrons. The zero-order chi connectivity index (χ0) is 15.2. The van der Waals surface area contributed by atoms with Gasteiger partial charge in [-0.25, -0.2) is 0 Å². The van der Waals surface area contributed by atoms with E-state index in [1.54, 1.807) is 0 Å². The summed E-state index contributed by atoms with van der Waals surface area (Å²) in [6.45, 7) is 7.19. The Morgan fingerprint density at radius 3 is 2.40 bits per heavy atom. The SMILES string of the molecule is CC(C)(C)c1ccc(C(O)CNC(=O)CCCN)cc1. The molecule has 0 heterocycles. The molecule has 4 nitrogen and oxygen atoms in total. The quantitative estimate of drug-likeness (QED) is 0.743. The molecule has 20 heavy (non-hydrogen) atoms. The first-order chi connectivity index (χ1) is 9.34. The fraction of sp³-hybridized carbons (Fsp3) is 0.562. The number of nitrogens with one attached hydrogen (secondary N) is 1. The predicted octanol–water partition coefficient (Wildman–Crippen LogP) is 1.87. The van der Waals surface area contributed by atoms with Gasteiger partial charge in [0.15, 0.2) is 0 Å². The molecule has 1 unspecified atom stereocenters. The number of aliphatic hydroxyl groups excluding tert-OH is 1. The van der Waals surface area contributed by atoms with Crippen molar-refractivity contribution in [2.75, 3.05) is 13.1 Å². The lowest BCUT2D eigenvalue weighted by Gasteiger charge is -2.20. The second-order valence-electron chi connectivity index (χ2n) is 6.08. The summed E-state index contributed by atoms with van der Waals surface area (Å²) in [5.41, 5.74) is 7.48. The average Bonchev–Trinajstić information content (AvgIpc) is 2.41. The third kappa shape index (κ3) is 5.31. The largest absolute Gasteiger partial charge is 0.387 e. The van der Waals surface area contributed by atoms with Crippen LogP contribution in [0.1, 0.15) is 50.8 Å². The Kier molecular flexibility index (Phi) is 6.17. The minimum Gasteiger partial charge on any atom is -0.387 e. The van der Waals surface area contributed by atoms with Gasteiger partial charge in [-0.05, 0) is 29.5 Å². The number of hydrogen-bond acceptors (Lipinski definition) is 3. The van der Waals surface area contributed by atoms with E-state index in [1.807, 2.05) is 24.3 Å². The van der Waals surface area contributed by atoms with Crippen LogP contribution in [0.4, 0.5) is 0 Å². The number of hydrogen-bond donors (Lipinski definition) is 3. The molecular formula is C16H26N2O2. The van der Waals surface area contributed by atoms with Gasteiger partial charge >= 0.3 is 0 Å². The molecule has 4 heteroatoms. The molecule has 4 N–H and O–H groups in total. The van der Waals surface area contributed by atoms with Gasteiger partial charge in [-0.3, -0.25) is 4.79 Å². The van der Waals surface area contributed by atoms with Gasteiger partial charge in [0.25, 0.3) is 0 Å². The maximum absolute atomic E-state index is 11.4. The van der Waals surface area contributed by atoms with Crippen LogP contribution in [0.5, 0.6) is 0 Å². The van der Waals surface area contributed by atoms with Crippen LogP contribution in [0.15, 0.2) is 24.3 Å². The monoisotopic (exact) mass is 278 g/mol. The van der Waals surface area contributed by atoms with E-state index in [4.69, 9.17) is 5.73 Å². The smallest absolute Gasteiger partial charge is 0.220 e. The summed E-state index contributed by atoms with van der Waals surface area (Å²) in [7, 11) is 0. The van der Waals surface area contributed by atoms with Crippen LogP contribution in [0.2, 0.25) is 0 Å². The van der Waals surface area contributed by atoms with E-state index < -0.39 is 6.10 Å². The Labute approximate surface area is 121 Å². The number of benzene rings is 1. The average molecular weight is 278 g/mol. The zero-order valence-corrected chi connectivity index (χ0v) is 12.6. The van der Waals surface area contributed by atoms with E-state index in [2.05, 4.69) is 26.1 Å². The van der Waals surface area contributed by atoms with Crippen molar-refractivity contribution in [1.82, 2.24) is 5.32 Å². The highest BCUT2D eigenvalue weighted by Gasteiger charge is 2.14. The first-order valence-electron chi connectivity index (χ1n) is 7.10. The van der Waals surface area contributed by atoms with Gasteiger partial charge in [0.1, 0.15) is 0 Å². The summed E-state index contributed by atoms with van der Waals surface area (Å²) >= 11 is 0. The van der Waals surface area contributed by atoms with E-state index in [-0.39, 0.29) is 17.9 Å². The Hall–Kier alpha value is -1.39. The van der Waals surface area contributed by atoms with Gasteiger partial charge in [0, 0.05) is 13.0 Å². The highest BCUT2D eigenvalue weighted by Crippen LogP contribution is 2.23. The van der Waals surface area contributed by atoms with Gasteiger partial charge in [-0.15, -0.1) is 0 Å². The molecule has 112 valence electrons. The predicted molar refractivity (Wildman–Crippen MR) is 81.4 cm³/mol. The Bertz CT molecular complexity index is 421. The van der Waals surface area contributed by atoms with Crippen molar-refractivity contribution in [3.8, 4) is 0 Å². The molecule has 0 aliphatic rings. The molecule has 0 aliphatic carbocycles. The van der Waals surface area contributed by atoms with Crippen molar-refractivity contribution in [3.05, 3.63) is 35.4 Å². The molecule has 0 saturated carbocycles. The summed E-state index contributed by atoms with van der Waals surface area (Å²) in [4.78, 5) is 11.4. The summed E-state index contributed by atoms with van der Waals surface area (Å²) < 4.78 is 0. The number of nitrogens with two attached hydrogens (primary N) is 1. The summed E-state index contributed by atoms with van der Waals surface area (Å²) in [6, 6.07) is 7.87. The molecule has 0 aliphatic heterocycles. The molecule has 0 aromatic heterocycles. The van der Waals surface area contributed by atoms with Crippen molar-refractivity contribution >= 4 is 5.91 Å². The number of amides is 1. The normalized spacial score (nSPS) is 13.1. The van der Waals surface area contributed by atoms with Crippen LogP contribution in [0.3, 0.4) is 0 Å². The third-order valence-corrected chi connectivity index (χ3v) is 3.26. The van der Waals surface area contributed by atoms with Crippen LogP contribution in [0.25, 0.3) is 0 Å². The standard InChI is InChI=1S/C16H26N2O2/c1-16(2,3)13-8-6-12(7-9-13)14(19)11-18-15(20)5-4-10-17/h6-9,14,19H,4-5,10-11,17H2,1-3H3,(H,18,20). The fourth-order valence-corrected chi connectivity index (χ4v) is 1.88. The van der Waals surface area contributed by atoms with Crippen molar-refractivity contribution in [3.63, 3.8) is 0 Å². The molecule has 1 aromatic carbocycles. The minimum absolute atomic E-state index is 0.0687. The number of carbonyl (C=O) groups is 1. The van der Waals surface area contributed by atoms with Crippen molar-refractivity contribution < 1.29 is 9.90 Å².